The highest BCUT2D eigenvalue weighted by Crippen LogP contribution is 2.08. The highest BCUT2D eigenvalue weighted by atomic mass is 16.3. The maximum Gasteiger partial charge on any atom is 0.0721 e. The highest BCUT2D eigenvalue weighted by molar-refractivity contribution is 4.95. The fourth-order valence-electron chi connectivity index (χ4n) is 2.09. The molecule has 0 saturated carbocycles. The van der Waals surface area contributed by atoms with E-state index < -0.39 is 0 Å². The molecule has 112 valence electrons. The van der Waals surface area contributed by atoms with Gasteiger partial charge in [-0.05, 0) is 25.7 Å². The Balaban J connectivity index is 3.38. The Morgan fingerprint density at radius 2 is 1.47 bits per heavy atom. The molecule has 1 nitrogen and oxygen atoms in total. The van der Waals surface area contributed by atoms with Crippen molar-refractivity contribution >= 4 is 0 Å². The molecule has 0 aliphatic rings. The van der Waals surface area contributed by atoms with Crippen molar-refractivity contribution in [3.8, 4) is 0 Å². The van der Waals surface area contributed by atoms with Crippen LogP contribution in [0.25, 0.3) is 0 Å². The fraction of sp³-hybridized carbons (Fsp3) is 0.778. The second kappa shape index (κ2) is 15.5. The zero-order valence-corrected chi connectivity index (χ0v) is 13.1. The summed E-state index contributed by atoms with van der Waals surface area (Å²) < 4.78 is 0. The van der Waals surface area contributed by atoms with E-state index in [0.29, 0.717) is 0 Å². The second-order valence-electron chi connectivity index (χ2n) is 5.40. The zero-order valence-electron chi connectivity index (χ0n) is 13.1. The standard InChI is InChI=1S/C18H34O/c1-3-5-7-9-10-11-13-15-17-18(19)16-14-12-8-6-4-2/h10-11,15,17-19H,3-9,12-14,16H2,1-2H3. The summed E-state index contributed by atoms with van der Waals surface area (Å²) in [5, 5.41) is 9.77. The Labute approximate surface area is 120 Å². The summed E-state index contributed by atoms with van der Waals surface area (Å²) in [5.74, 6) is 0. The van der Waals surface area contributed by atoms with Crippen molar-refractivity contribution in [3.05, 3.63) is 24.3 Å². The first-order valence-electron chi connectivity index (χ1n) is 8.31. The third-order valence-electron chi connectivity index (χ3n) is 3.37. The van der Waals surface area contributed by atoms with Crippen LogP contribution in [0.5, 0.6) is 0 Å². The van der Waals surface area contributed by atoms with Crippen molar-refractivity contribution in [2.45, 2.75) is 90.6 Å². The Hall–Kier alpha value is -0.560. The molecular formula is C18H34O. The van der Waals surface area contributed by atoms with Crippen molar-refractivity contribution in [1.82, 2.24) is 0 Å². The first kappa shape index (κ1) is 18.4. The predicted octanol–water partition coefficient (Wildman–Crippen LogP) is 5.79. The van der Waals surface area contributed by atoms with E-state index >= 15 is 0 Å². The number of hydrogen-bond acceptors (Lipinski definition) is 1. The smallest absolute Gasteiger partial charge is 0.0721 e. The molecule has 0 radical (unpaired) electrons. The average Bonchev–Trinajstić information content (AvgIpc) is 2.41. The third-order valence-corrected chi connectivity index (χ3v) is 3.37. The number of rotatable bonds is 13. The molecule has 0 amide bonds. The number of unbranched alkanes of at least 4 members (excludes halogenated alkanes) is 7. The molecule has 0 rings (SSSR count). The van der Waals surface area contributed by atoms with E-state index in [2.05, 4.69) is 32.1 Å². The molecule has 1 heteroatoms. The van der Waals surface area contributed by atoms with Gasteiger partial charge in [0.15, 0.2) is 0 Å². The normalized spacial score (nSPS) is 13.6. The summed E-state index contributed by atoms with van der Waals surface area (Å²) in [6.07, 6.45) is 21.6. The molecule has 0 saturated heterocycles. The van der Waals surface area contributed by atoms with Crippen molar-refractivity contribution < 1.29 is 5.11 Å². The maximum atomic E-state index is 9.77. The van der Waals surface area contributed by atoms with E-state index in [-0.39, 0.29) is 6.10 Å². The van der Waals surface area contributed by atoms with Gasteiger partial charge in [-0.1, -0.05) is 83.1 Å². The van der Waals surface area contributed by atoms with E-state index in [1.165, 1.54) is 51.4 Å². The summed E-state index contributed by atoms with van der Waals surface area (Å²) in [6.45, 7) is 4.46. The average molecular weight is 266 g/mol. The van der Waals surface area contributed by atoms with Gasteiger partial charge in [-0.3, -0.25) is 0 Å². The maximum absolute atomic E-state index is 9.77. The lowest BCUT2D eigenvalue weighted by molar-refractivity contribution is 0.207. The van der Waals surface area contributed by atoms with Crippen molar-refractivity contribution in [2.75, 3.05) is 0 Å². The quantitative estimate of drug-likeness (QED) is 0.330. The van der Waals surface area contributed by atoms with Crippen LogP contribution in [0.4, 0.5) is 0 Å². The van der Waals surface area contributed by atoms with E-state index in [1.54, 1.807) is 0 Å². The molecular weight excluding hydrogens is 232 g/mol. The van der Waals surface area contributed by atoms with Gasteiger partial charge >= 0.3 is 0 Å². The summed E-state index contributed by atoms with van der Waals surface area (Å²) in [5.41, 5.74) is 0. The van der Waals surface area contributed by atoms with Crippen LogP contribution in [-0.4, -0.2) is 11.2 Å². The summed E-state index contributed by atoms with van der Waals surface area (Å²) >= 11 is 0. The summed E-state index contributed by atoms with van der Waals surface area (Å²) in [7, 11) is 0. The molecule has 0 fully saturated rings. The minimum Gasteiger partial charge on any atom is -0.389 e. The Morgan fingerprint density at radius 1 is 0.789 bits per heavy atom. The van der Waals surface area contributed by atoms with Crippen molar-refractivity contribution in [1.29, 1.82) is 0 Å². The van der Waals surface area contributed by atoms with Gasteiger partial charge in [0.1, 0.15) is 0 Å². The molecule has 0 aliphatic heterocycles. The number of aliphatic hydroxyl groups excluding tert-OH is 1. The molecule has 0 heterocycles. The highest BCUT2D eigenvalue weighted by Gasteiger charge is 1.97. The lowest BCUT2D eigenvalue weighted by Crippen LogP contribution is -2.01. The SMILES string of the molecule is CCCCCC=CCC=CC(O)CCCCCCC. The van der Waals surface area contributed by atoms with Gasteiger partial charge in [0.2, 0.25) is 0 Å². The molecule has 0 bridgehead atoms. The number of hydrogen-bond donors (Lipinski definition) is 1. The molecule has 0 aromatic carbocycles. The Morgan fingerprint density at radius 3 is 2.21 bits per heavy atom. The Kier molecular flexibility index (Phi) is 15.0. The van der Waals surface area contributed by atoms with Crippen LogP contribution in [-0.2, 0) is 0 Å². The van der Waals surface area contributed by atoms with E-state index in [1.807, 2.05) is 6.08 Å². The second-order valence-corrected chi connectivity index (χ2v) is 5.40. The van der Waals surface area contributed by atoms with Crippen LogP contribution in [0.15, 0.2) is 24.3 Å². The van der Waals surface area contributed by atoms with Gasteiger partial charge in [-0.2, -0.15) is 0 Å². The molecule has 19 heavy (non-hydrogen) atoms. The van der Waals surface area contributed by atoms with Crippen molar-refractivity contribution in [3.63, 3.8) is 0 Å². The van der Waals surface area contributed by atoms with Gasteiger partial charge in [-0.25, -0.2) is 0 Å². The zero-order chi connectivity index (χ0) is 14.2. The molecule has 1 N–H and O–H groups in total. The van der Waals surface area contributed by atoms with Gasteiger partial charge < -0.3 is 5.11 Å². The van der Waals surface area contributed by atoms with E-state index in [0.717, 1.165) is 19.3 Å². The van der Waals surface area contributed by atoms with Crippen LogP contribution in [0, 0.1) is 0 Å². The third kappa shape index (κ3) is 15.4. The van der Waals surface area contributed by atoms with Crippen LogP contribution in [0.2, 0.25) is 0 Å². The van der Waals surface area contributed by atoms with Gasteiger partial charge in [0.25, 0.3) is 0 Å². The Bertz CT molecular complexity index is 218. The first-order valence-corrected chi connectivity index (χ1v) is 8.31. The van der Waals surface area contributed by atoms with Crippen LogP contribution < -0.4 is 0 Å². The minimum atomic E-state index is -0.241. The lowest BCUT2D eigenvalue weighted by Gasteiger charge is -2.04. The van der Waals surface area contributed by atoms with E-state index in [4.69, 9.17) is 0 Å². The number of aliphatic hydroxyl groups is 1. The molecule has 1 unspecified atom stereocenters. The summed E-state index contributed by atoms with van der Waals surface area (Å²) in [6, 6.07) is 0. The van der Waals surface area contributed by atoms with Gasteiger partial charge in [0, 0.05) is 0 Å². The molecule has 0 aromatic heterocycles. The lowest BCUT2D eigenvalue weighted by atomic mass is 10.1. The first-order chi connectivity index (χ1) is 9.31. The fourth-order valence-corrected chi connectivity index (χ4v) is 2.09. The molecule has 0 aliphatic carbocycles. The molecule has 0 aromatic rings. The van der Waals surface area contributed by atoms with Gasteiger partial charge in [-0.15, -0.1) is 0 Å². The predicted molar refractivity (Wildman–Crippen MR) is 86.4 cm³/mol. The molecule has 1 atom stereocenters. The van der Waals surface area contributed by atoms with Crippen LogP contribution in [0.1, 0.15) is 84.5 Å². The number of allylic oxidation sites excluding steroid dienone is 3. The minimum absolute atomic E-state index is 0.241. The van der Waals surface area contributed by atoms with Crippen LogP contribution >= 0.6 is 0 Å². The molecule has 0 spiro atoms. The van der Waals surface area contributed by atoms with Crippen LogP contribution in [0.3, 0.4) is 0 Å². The largest absolute Gasteiger partial charge is 0.389 e. The van der Waals surface area contributed by atoms with Gasteiger partial charge in [0.05, 0.1) is 6.10 Å². The monoisotopic (exact) mass is 266 g/mol. The topological polar surface area (TPSA) is 20.2 Å². The van der Waals surface area contributed by atoms with E-state index in [9.17, 15) is 5.11 Å². The summed E-state index contributed by atoms with van der Waals surface area (Å²) in [4.78, 5) is 0. The van der Waals surface area contributed by atoms with Crippen molar-refractivity contribution in [2.24, 2.45) is 0 Å².